The number of benzene rings is 1. The standard InChI is InChI=1S/C17H23N3O3.ClH/c18-16(21)11-23-15-4-2-1-3-14(15)17(22)20-7-5-12-9-19-10-13(12)6-8-20;/h1-4,12-13,19H,5-11H2,(H2,18,21);1H/t12-,13+;. The molecule has 0 aliphatic carbocycles. The van der Waals surface area contributed by atoms with Gasteiger partial charge in [-0.1, -0.05) is 12.1 Å². The highest BCUT2D eigenvalue weighted by molar-refractivity contribution is 5.97. The minimum atomic E-state index is -0.553. The Balaban J connectivity index is 0.00000208. The molecule has 7 heteroatoms. The maximum Gasteiger partial charge on any atom is 0.257 e. The molecule has 3 N–H and O–H groups in total. The van der Waals surface area contributed by atoms with E-state index in [9.17, 15) is 9.59 Å². The topological polar surface area (TPSA) is 84.7 Å². The Morgan fingerprint density at radius 1 is 1.17 bits per heavy atom. The fraction of sp³-hybridized carbons (Fsp3) is 0.529. The zero-order valence-electron chi connectivity index (χ0n) is 13.6. The average Bonchev–Trinajstić information content (AvgIpc) is 2.91. The van der Waals surface area contributed by atoms with Crippen LogP contribution in [0, 0.1) is 11.8 Å². The summed E-state index contributed by atoms with van der Waals surface area (Å²) in [5.41, 5.74) is 5.62. The van der Waals surface area contributed by atoms with Crippen LogP contribution in [0.4, 0.5) is 0 Å². The molecule has 0 saturated carbocycles. The van der Waals surface area contributed by atoms with Crippen molar-refractivity contribution in [3.63, 3.8) is 0 Å². The first-order chi connectivity index (χ1) is 11.1. The molecule has 1 aromatic rings. The van der Waals surface area contributed by atoms with E-state index >= 15 is 0 Å². The van der Waals surface area contributed by atoms with E-state index in [0.29, 0.717) is 23.1 Å². The number of nitrogens with two attached hydrogens (primary N) is 1. The Morgan fingerprint density at radius 3 is 2.42 bits per heavy atom. The first-order valence-corrected chi connectivity index (χ1v) is 8.15. The van der Waals surface area contributed by atoms with Gasteiger partial charge in [-0.25, -0.2) is 0 Å². The molecule has 2 saturated heterocycles. The highest BCUT2D eigenvalue weighted by Gasteiger charge is 2.32. The number of nitrogens with one attached hydrogen (secondary N) is 1. The van der Waals surface area contributed by atoms with Gasteiger partial charge in [0.15, 0.2) is 6.61 Å². The highest BCUT2D eigenvalue weighted by atomic mass is 35.5. The average molecular weight is 354 g/mol. The molecule has 1 aromatic carbocycles. The molecule has 24 heavy (non-hydrogen) atoms. The van der Waals surface area contributed by atoms with Crippen molar-refractivity contribution in [1.29, 1.82) is 0 Å². The molecule has 0 bridgehead atoms. The summed E-state index contributed by atoms with van der Waals surface area (Å²) >= 11 is 0. The zero-order valence-corrected chi connectivity index (χ0v) is 14.4. The number of hydrogen-bond donors (Lipinski definition) is 2. The number of nitrogens with zero attached hydrogens (tertiary/aromatic N) is 1. The number of ether oxygens (including phenoxy) is 1. The van der Waals surface area contributed by atoms with Gasteiger partial charge in [-0.2, -0.15) is 0 Å². The Hall–Kier alpha value is -1.79. The number of hydrogen-bond acceptors (Lipinski definition) is 4. The maximum atomic E-state index is 12.9. The van der Waals surface area contributed by atoms with Crippen LogP contribution >= 0.6 is 12.4 Å². The first-order valence-electron chi connectivity index (χ1n) is 8.15. The van der Waals surface area contributed by atoms with Crippen molar-refractivity contribution >= 4 is 24.2 Å². The Kier molecular flexibility index (Phi) is 6.45. The smallest absolute Gasteiger partial charge is 0.257 e. The van der Waals surface area contributed by atoms with Crippen LogP contribution in [-0.2, 0) is 4.79 Å². The number of fused-ring (bicyclic) bond motifs is 1. The van der Waals surface area contributed by atoms with Gasteiger partial charge in [0.05, 0.1) is 5.56 Å². The van der Waals surface area contributed by atoms with Gasteiger partial charge in [-0.05, 0) is 49.9 Å². The summed E-state index contributed by atoms with van der Waals surface area (Å²) in [6, 6.07) is 7.03. The minimum Gasteiger partial charge on any atom is -0.483 e. The monoisotopic (exact) mass is 353 g/mol. The van der Waals surface area contributed by atoms with Gasteiger partial charge in [0.25, 0.3) is 11.8 Å². The Bertz CT molecular complexity index is 582. The van der Waals surface area contributed by atoms with Crippen molar-refractivity contribution in [2.45, 2.75) is 12.8 Å². The molecular weight excluding hydrogens is 330 g/mol. The highest BCUT2D eigenvalue weighted by Crippen LogP contribution is 2.28. The lowest BCUT2D eigenvalue weighted by molar-refractivity contribution is -0.119. The van der Waals surface area contributed by atoms with Crippen LogP contribution in [0.1, 0.15) is 23.2 Å². The van der Waals surface area contributed by atoms with Gasteiger partial charge in [-0.15, -0.1) is 12.4 Å². The summed E-state index contributed by atoms with van der Waals surface area (Å²) in [6.07, 6.45) is 2.07. The first kappa shape index (κ1) is 18.5. The molecule has 3 rings (SSSR count). The number of rotatable bonds is 4. The van der Waals surface area contributed by atoms with Crippen LogP contribution in [0.25, 0.3) is 0 Å². The number of primary amides is 1. The number of carbonyl (C=O) groups excluding carboxylic acids is 2. The van der Waals surface area contributed by atoms with E-state index in [0.717, 1.165) is 39.0 Å². The van der Waals surface area contributed by atoms with Gasteiger partial charge < -0.3 is 20.7 Å². The van der Waals surface area contributed by atoms with E-state index in [-0.39, 0.29) is 24.9 Å². The Labute approximate surface area is 148 Å². The normalized spacial score (nSPS) is 22.9. The molecule has 0 unspecified atom stereocenters. The molecule has 0 spiro atoms. The van der Waals surface area contributed by atoms with Gasteiger partial charge >= 0.3 is 0 Å². The summed E-state index contributed by atoms with van der Waals surface area (Å²) in [5, 5.41) is 3.44. The van der Waals surface area contributed by atoms with Crippen LogP contribution in [-0.4, -0.2) is 49.5 Å². The van der Waals surface area contributed by atoms with Gasteiger partial charge in [0.2, 0.25) is 0 Å². The van der Waals surface area contributed by atoms with E-state index in [2.05, 4.69) is 5.32 Å². The van der Waals surface area contributed by atoms with Crippen LogP contribution in [0.15, 0.2) is 24.3 Å². The number of para-hydroxylation sites is 1. The quantitative estimate of drug-likeness (QED) is 0.847. The zero-order chi connectivity index (χ0) is 16.2. The molecule has 0 radical (unpaired) electrons. The number of amides is 2. The predicted octanol–water partition coefficient (Wildman–Crippen LogP) is 1.04. The second-order valence-electron chi connectivity index (χ2n) is 6.30. The third-order valence-electron chi connectivity index (χ3n) is 4.79. The van der Waals surface area contributed by atoms with Gasteiger partial charge in [0, 0.05) is 13.1 Å². The van der Waals surface area contributed by atoms with Crippen LogP contribution in [0.2, 0.25) is 0 Å². The van der Waals surface area contributed by atoms with Crippen molar-refractivity contribution in [1.82, 2.24) is 10.2 Å². The summed E-state index contributed by atoms with van der Waals surface area (Å²) in [5.74, 6) is 1.19. The molecule has 2 amide bonds. The lowest BCUT2D eigenvalue weighted by Crippen LogP contribution is -2.33. The third kappa shape index (κ3) is 4.19. The van der Waals surface area contributed by atoms with Crippen LogP contribution in [0.5, 0.6) is 5.75 Å². The van der Waals surface area contributed by atoms with E-state index in [4.69, 9.17) is 10.5 Å². The lowest BCUT2D eigenvalue weighted by atomic mass is 9.92. The van der Waals surface area contributed by atoms with Crippen molar-refractivity contribution in [3.05, 3.63) is 29.8 Å². The lowest BCUT2D eigenvalue weighted by Gasteiger charge is -2.22. The van der Waals surface area contributed by atoms with Crippen molar-refractivity contribution in [3.8, 4) is 5.75 Å². The number of likely N-dealkylation sites (tertiary alicyclic amines) is 1. The molecule has 2 aliphatic rings. The van der Waals surface area contributed by atoms with Crippen LogP contribution in [0.3, 0.4) is 0 Å². The second kappa shape index (κ2) is 8.35. The molecule has 132 valence electrons. The van der Waals surface area contributed by atoms with E-state index in [1.54, 1.807) is 24.3 Å². The molecule has 2 aliphatic heterocycles. The number of carbonyl (C=O) groups is 2. The largest absolute Gasteiger partial charge is 0.483 e. The Morgan fingerprint density at radius 2 is 1.79 bits per heavy atom. The SMILES string of the molecule is Cl.NC(=O)COc1ccccc1C(=O)N1CC[C@@H]2CNC[C@@H]2CC1. The van der Waals surface area contributed by atoms with Gasteiger partial charge in [-0.3, -0.25) is 9.59 Å². The minimum absolute atomic E-state index is 0. The van der Waals surface area contributed by atoms with E-state index in [1.807, 2.05) is 4.90 Å². The van der Waals surface area contributed by atoms with Crippen molar-refractivity contribution in [2.24, 2.45) is 17.6 Å². The summed E-state index contributed by atoms with van der Waals surface area (Å²) < 4.78 is 5.38. The third-order valence-corrected chi connectivity index (χ3v) is 4.79. The summed E-state index contributed by atoms with van der Waals surface area (Å²) in [6.45, 7) is 3.44. The molecule has 6 nitrogen and oxygen atoms in total. The van der Waals surface area contributed by atoms with E-state index in [1.165, 1.54) is 0 Å². The maximum absolute atomic E-state index is 12.9. The summed E-state index contributed by atoms with van der Waals surface area (Å²) in [7, 11) is 0. The molecule has 0 aromatic heterocycles. The summed E-state index contributed by atoms with van der Waals surface area (Å²) in [4.78, 5) is 25.7. The van der Waals surface area contributed by atoms with Gasteiger partial charge in [0.1, 0.15) is 5.75 Å². The fourth-order valence-electron chi connectivity index (χ4n) is 3.51. The molecule has 2 heterocycles. The molecule has 2 atom stereocenters. The van der Waals surface area contributed by atoms with Crippen molar-refractivity contribution < 1.29 is 14.3 Å². The fourth-order valence-corrected chi connectivity index (χ4v) is 3.51. The molecule has 2 fully saturated rings. The molecular formula is C17H24ClN3O3. The van der Waals surface area contributed by atoms with Crippen molar-refractivity contribution in [2.75, 3.05) is 32.8 Å². The second-order valence-corrected chi connectivity index (χ2v) is 6.30. The van der Waals surface area contributed by atoms with E-state index < -0.39 is 5.91 Å². The predicted molar refractivity (Wildman–Crippen MR) is 93.4 cm³/mol. The van der Waals surface area contributed by atoms with Crippen LogP contribution < -0.4 is 15.8 Å². The number of halogens is 1.